The van der Waals surface area contributed by atoms with Crippen LogP contribution in [0.1, 0.15) is 0 Å². The number of nitrogens with zero attached hydrogens (tertiary/aromatic N) is 4. The lowest BCUT2D eigenvalue weighted by atomic mass is 10.2. The van der Waals surface area contributed by atoms with Crippen LogP contribution in [0.4, 0.5) is 5.69 Å². The summed E-state index contributed by atoms with van der Waals surface area (Å²) < 4.78 is 1.22. The zero-order valence-corrected chi connectivity index (χ0v) is 9.39. The van der Waals surface area contributed by atoms with E-state index in [0.717, 1.165) is 11.8 Å². The predicted molar refractivity (Wildman–Crippen MR) is 64.8 cm³/mol. The van der Waals surface area contributed by atoms with Crippen molar-refractivity contribution in [2.45, 2.75) is 0 Å². The average Bonchev–Trinajstić information content (AvgIpc) is 2.75. The lowest BCUT2D eigenvalue weighted by Crippen LogP contribution is -2.14. The molecular weight excluding hydrogens is 238 g/mol. The Labute approximate surface area is 99.4 Å². The summed E-state index contributed by atoms with van der Waals surface area (Å²) in [5.41, 5.74) is 6.97. The van der Waals surface area contributed by atoms with E-state index >= 15 is 0 Å². The first-order valence-electron chi connectivity index (χ1n) is 4.82. The Balaban J connectivity index is 2.30. The molecule has 0 atom stereocenters. The second kappa shape index (κ2) is 3.63. The maximum Gasteiger partial charge on any atom is 0.293 e. The summed E-state index contributed by atoms with van der Waals surface area (Å²) in [7, 11) is 0. The maximum absolute atomic E-state index is 11.5. The smallest absolute Gasteiger partial charge is 0.293 e. The maximum atomic E-state index is 11.5. The summed E-state index contributed by atoms with van der Waals surface area (Å²) in [6.07, 6.45) is 1.13. The monoisotopic (exact) mass is 245 g/mol. The molecule has 3 aromatic rings. The van der Waals surface area contributed by atoms with E-state index < -0.39 is 0 Å². The average molecular weight is 245 g/mol. The van der Waals surface area contributed by atoms with Crippen LogP contribution in [0.2, 0.25) is 0 Å². The number of nitrogens with two attached hydrogens (primary N) is 1. The number of hydrogen-bond acceptors (Lipinski definition) is 6. The molecule has 84 valence electrons. The largest absolute Gasteiger partial charge is 0.398 e. The highest BCUT2D eigenvalue weighted by atomic mass is 32.1. The Hall–Kier alpha value is -2.28. The van der Waals surface area contributed by atoms with Gasteiger partial charge in [0.15, 0.2) is 0 Å². The van der Waals surface area contributed by atoms with E-state index in [-0.39, 0.29) is 5.56 Å². The van der Waals surface area contributed by atoms with Crippen LogP contribution in [0.3, 0.4) is 0 Å². The molecule has 3 rings (SSSR count). The number of nitrogen functional groups attached to an aromatic ring is 1. The molecule has 0 amide bonds. The van der Waals surface area contributed by atoms with Crippen LogP contribution in [-0.2, 0) is 0 Å². The lowest BCUT2D eigenvalue weighted by Gasteiger charge is -1.98. The molecule has 0 radical (unpaired) electrons. The number of hydrogen-bond donors (Lipinski definition) is 1. The summed E-state index contributed by atoms with van der Waals surface area (Å²) >= 11 is 1.28. The van der Waals surface area contributed by atoms with Crippen molar-refractivity contribution in [3.05, 3.63) is 40.8 Å². The number of benzene rings is 1. The summed E-state index contributed by atoms with van der Waals surface area (Å²) in [4.78, 5) is 11.9. The summed E-state index contributed by atoms with van der Waals surface area (Å²) in [5.74, 6) is 0. The van der Waals surface area contributed by atoms with Crippen molar-refractivity contribution in [3.8, 4) is 10.6 Å². The molecule has 0 aliphatic carbocycles. The summed E-state index contributed by atoms with van der Waals surface area (Å²) in [6, 6.07) is 7.35. The van der Waals surface area contributed by atoms with E-state index in [1.165, 1.54) is 15.9 Å². The Bertz CT molecular complexity index is 748. The molecule has 0 saturated heterocycles. The van der Waals surface area contributed by atoms with Gasteiger partial charge in [-0.1, -0.05) is 23.5 Å². The standard InChI is InChI=1S/C10H7N5OS/c11-7-4-2-1-3-6(7)9-14-15-8(16)5-12-13-10(15)17-9/h1-5H,11H2. The SMILES string of the molecule is Nc1ccccc1-c1nn2c(=O)cnnc2s1. The lowest BCUT2D eigenvalue weighted by molar-refractivity contribution is 0.856. The van der Waals surface area contributed by atoms with Gasteiger partial charge < -0.3 is 5.73 Å². The van der Waals surface area contributed by atoms with Crippen LogP contribution in [0.5, 0.6) is 0 Å². The Morgan fingerprint density at radius 3 is 2.88 bits per heavy atom. The molecule has 6 nitrogen and oxygen atoms in total. The molecule has 0 unspecified atom stereocenters. The summed E-state index contributed by atoms with van der Waals surface area (Å²) in [6.45, 7) is 0. The molecule has 1 aromatic carbocycles. The van der Waals surface area contributed by atoms with Crippen LogP contribution < -0.4 is 11.3 Å². The summed E-state index contributed by atoms with van der Waals surface area (Å²) in [5, 5.41) is 12.3. The van der Waals surface area contributed by atoms with Crippen LogP contribution >= 0.6 is 11.3 Å². The van der Waals surface area contributed by atoms with Gasteiger partial charge in [0.1, 0.15) is 11.2 Å². The minimum atomic E-state index is -0.299. The van der Waals surface area contributed by atoms with Gasteiger partial charge in [0.2, 0.25) is 4.96 Å². The van der Waals surface area contributed by atoms with E-state index in [9.17, 15) is 4.79 Å². The minimum Gasteiger partial charge on any atom is -0.398 e. The zero-order valence-electron chi connectivity index (χ0n) is 8.57. The van der Waals surface area contributed by atoms with Gasteiger partial charge >= 0.3 is 0 Å². The van der Waals surface area contributed by atoms with Gasteiger partial charge in [-0.25, -0.2) is 0 Å². The number of anilines is 1. The van der Waals surface area contributed by atoms with Crippen molar-refractivity contribution in [2.75, 3.05) is 5.73 Å². The minimum absolute atomic E-state index is 0.299. The van der Waals surface area contributed by atoms with Gasteiger partial charge in [0, 0.05) is 11.3 Å². The van der Waals surface area contributed by atoms with Crippen molar-refractivity contribution in [2.24, 2.45) is 0 Å². The van der Waals surface area contributed by atoms with Gasteiger partial charge in [-0.05, 0) is 12.1 Å². The van der Waals surface area contributed by atoms with Gasteiger partial charge in [-0.15, -0.1) is 5.10 Å². The highest BCUT2D eigenvalue weighted by molar-refractivity contribution is 7.19. The van der Waals surface area contributed by atoms with Gasteiger partial charge in [-0.2, -0.15) is 14.7 Å². The Morgan fingerprint density at radius 2 is 2.12 bits per heavy atom. The topological polar surface area (TPSA) is 86.2 Å². The van der Waals surface area contributed by atoms with E-state index in [1.54, 1.807) is 6.07 Å². The molecule has 0 aliphatic heterocycles. The number of aromatic nitrogens is 4. The third-order valence-electron chi connectivity index (χ3n) is 2.27. The van der Waals surface area contributed by atoms with Crippen LogP contribution in [0.25, 0.3) is 15.5 Å². The number of fused-ring (bicyclic) bond motifs is 1. The van der Waals surface area contributed by atoms with Crippen LogP contribution in [0.15, 0.2) is 35.3 Å². The van der Waals surface area contributed by atoms with Gasteiger partial charge in [0.25, 0.3) is 5.56 Å². The fourth-order valence-electron chi connectivity index (χ4n) is 1.47. The fraction of sp³-hybridized carbons (Fsp3) is 0. The second-order valence-corrected chi connectivity index (χ2v) is 4.33. The molecule has 0 fully saturated rings. The number of para-hydroxylation sites is 1. The molecular formula is C10H7N5OS. The third-order valence-corrected chi connectivity index (χ3v) is 3.20. The van der Waals surface area contributed by atoms with Crippen molar-refractivity contribution in [1.29, 1.82) is 0 Å². The van der Waals surface area contributed by atoms with Crippen molar-refractivity contribution < 1.29 is 0 Å². The van der Waals surface area contributed by atoms with Crippen LogP contribution in [0, 0.1) is 0 Å². The third kappa shape index (κ3) is 1.56. The Kier molecular flexibility index (Phi) is 2.12. The number of rotatable bonds is 1. The first-order chi connectivity index (χ1) is 8.25. The van der Waals surface area contributed by atoms with Crippen molar-refractivity contribution in [3.63, 3.8) is 0 Å². The molecule has 2 N–H and O–H groups in total. The molecule has 0 spiro atoms. The van der Waals surface area contributed by atoms with E-state index in [0.29, 0.717) is 15.7 Å². The second-order valence-electron chi connectivity index (χ2n) is 3.37. The van der Waals surface area contributed by atoms with Gasteiger partial charge in [0.05, 0.1) is 0 Å². The molecule has 0 aliphatic rings. The van der Waals surface area contributed by atoms with Crippen LogP contribution in [-0.4, -0.2) is 19.8 Å². The first kappa shape index (κ1) is 9.91. The molecule has 0 bridgehead atoms. The molecule has 2 heterocycles. The first-order valence-corrected chi connectivity index (χ1v) is 5.64. The van der Waals surface area contributed by atoms with E-state index in [4.69, 9.17) is 5.73 Å². The predicted octanol–water partition coefficient (Wildman–Crippen LogP) is 0.795. The highest BCUT2D eigenvalue weighted by Gasteiger charge is 2.10. The fourth-order valence-corrected chi connectivity index (χ4v) is 2.37. The Morgan fingerprint density at radius 1 is 1.29 bits per heavy atom. The van der Waals surface area contributed by atoms with Gasteiger partial charge in [-0.3, -0.25) is 4.79 Å². The molecule has 17 heavy (non-hydrogen) atoms. The van der Waals surface area contributed by atoms with Crippen molar-refractivity contribution in [1.82, 2.24) is 19.8 Å². The van der Waals surface area contributed by atoms with E-state index in [2.05, 4.69) is 15.3 Å². The quantitative estimate of drug-likeness (QED) is 0.641. The molecule has 2 aromatic heterocycles. The van der Waals surface area contributed by atoms with E-state index in [1.807, 2.05) is 18.2 Å². The normalized spacial score (nSPS) is 10.8. The van der Waals surface area contributed by atoms with Crippen molar-refractivity contribution >= 4 is 22.0 Å². The highest BCUT2D eigenvalue weighted by Crippen LogP contribution is 2.28. The molecule has 0 saturated carbocycles. The molecule has 7 heteroatoms. The zero-order chi connectivity index (χ0) is 11.8.